The molecule has 84 valence electrons. The Labute approximate surface area is 98.7 Å². The van der Waals surface area contributed by atoms with Crippen LogP contribution in [-0.4, -0.2) is 14.6 Å². The van der Waals surface area contributed by atoms with Gasteiger partial charge in [0.05, 0.1) is 5.35 Å². The molecule has 1 aromatic carbocycles. The lowest BCUT2D eigenvalue weighted by Crippen LogP contribution is -2.31. The SMILES string of the molecule is C/C=c1\c(=C/C)n2cnnc2c2ccccc12. The Morgan fingerprint density at radius 3 is 2.53 bits per heavy atom. The van der Waals surface area contributed by atoms with Gasteiger partial charge in [-0.3, -0.25) is 4.40 Å². The first-order chi connectivity index (χ1) is 8.36. The minimum atomic E-state index is 0.916. The third-order valence-electron chi connectivity index (χ3n) is 3.10. The molecule has 0 aliphatic heterocycles. The van der Waals surface area contributed by atoms with Gasteiger partial charge in [-0.05, 0) is 19.2 Å². The second-order valence-corrected chi connectivity index (χ2v) is 3.95. The van der Waals surface area contributed by atoms with Crippen LogP contribution in [-0.2, 0) is 0 Å². The average molecular weight is 223 g/mol. The van der Waals surface area contributed by atoms with Crippen molar-refractivity contribution in [3.05, 3.63) is 41.2 Å². The predicted molar refractivity (Wildman–Crippen MR) is 70.0 cm³/mol. The fourth-order valence-electron chi connectivity index (χ4n) is 2.37. The van der Waals surface area contributed by atoms with Gasteiger partial charge in [0.25, 0.3) is 0 Å². The molecule has 2 aromatic heterocycles. The summed E-state index contributed by atoms with van der Waals surface area (Å²) in [5.74, 6) is 0. The van der Waals surface area contributed by atoms with E-state index in [4.69, 9.17) is 0 Å². The number of fused-ring (bicyclic) bond motifs is 3. The topological polar surface area (TPSA) is 30.2 Å². The van der Waals surface area contributed by atoms with Crippen molar-refractivity contribution in [3.8, 4) is 0 Å². The smallest absolute Gasteiger partial charge is 0.168 e. The minimum Gasteiger partial charge on any atom is -0.281 e. The van der Waals surface area contributed by atoms with E-state index in [1.807, 2.05) is 17.4 Å². The zero-order valence-corrected chi connectivity index (χ0v) is 9.88. The maximum absolute atomic E-state index is 4.21. The van der Waals surface area contributed by atoms with E-state index >= 15 is 0 Å². The summed E-state index contributed by atoms with van der Waals surface area (Å²) in [6, 6.07) is 8.31. The number of hydrogen-bond acceptors (Lipinski definition) is 2. The first-order valence-corrected chi connectivity index (χ1v) is 5.70. The molecule has 0 saturated carbocycles. The Hall–Kier alpha value is -2.16. The van der Waals surface area contributed by atoms with E-state index in [0.717, 1.165) is 16.4 Å². The maximum Gasteiger partial charge on any atom is 0.168 e. The molecule has 0 N–H and O–H groups in total. The van der Waals surface area contributed by atoms with Crippen molar-refractivity contribution >= 4 is 28.6 Å². The van der Waals surface area contributed by atoms with Crippen LogP contribution in [0.1, 0.15) is 13.8 Å². The van der Waals surface area contributed by atoms with Crippen LogP contribution < -0.4 is 10.6 Å². The summed E-state index contributed by atoms with van der Waals surface area (Å²) in [5.41, 5.74) is 0.916. The number of hydrogen-bond donors (Lipinski definition) is 0. The first-order valence-electron chi connectivity index (χ1n) is 5.70. The van der Waals surface area contributed by atoms with E-state index in [2.05, 4.69) is 47.5 Å². The standard InChI is InChI=1S/C14H13N3/c1-3-10-11-7-5-6-8-12(11)14-16-15-9-17(14)13(10)4-2/h3-9H,1-2H3/b10-3-,13-4+. The van der Waals surface area contributed by atoms with Gasteiger partial charge in [-0.25, -0.2) is 0 Å². The summed E-state index contributed by atoms with van der Waals surface area (Å²) in [7, 11) is 0. The van der Waals surface area contributed by atoms with Crippen molar-refractivity contribution < 1.29 is 0 Å². The van der Waals surface area contributed by atoms with Gasteiger partial charge < -0.3 is 0 Å². The van der Waals surface area contributed by atoms with E-state index in [1.165, 1.54) is 10.6 Å². The second kappa shape index (κ2) is 3.70. The van der Waals surface area contributed by atoms with Gasteiger partial charge in [0.15, 0.2) is 5.65 Å². The quantitative estimate of drug-likeness (QED) is 0.578. The lowest BCUT2D eigenvalue weighted by atomic mass is 10.1. The lowest BCUT2D eigenvalue weighted by Gasteiger charge is -2.03. The fourth-order valence-corrected chi connectivity index (χ4v) is 2.37. The van der Waals surface area contributed by atoms with Crippen molar-refractivity contribution in [2.75, 3.05) is 0 Å². The molecule has 0 spiro atoms. The van der Waals surface area contributed by atoms with Crippen molar-refractivity contribution in [1.29, 1.82) is 0 Å². The molecule has 3 rings (SSSR count). The highest BCUT2D eigenvalue weighted by atomic mass is 15.2. The van der Waals surface area contributed by atoms with Crippen molar-refractivity contribution in [2.24, 2.45) is 0 Å². The van der Waals surface area contributed by atoms with Gasteiger partial charge in [0, 0.05) is 10.6 Å². The van der Waals surface area contributed by atoms with Gasteiger partial charge in [-0.2, -0.15) is 0 Å². The monoisotopic (exact) mass is 223 g/mol. The van der Waals surface area contributed by atoms with E-state index in [9.17, 15) is 0 Å². The van der Waals surface area contributed by atoms with Gasteiger partial charge in [-0.1, -0.05) is 36.4 Å². The predicted octanol–water partition coefficient (Wildman–Crippen LogP) is 1.48. The van der Waals surface area contributed by atoms with E-state index in [-0.39, 0.29) is 0 Å². The Bertz CT molecular complexity index is 812. The normalized spacial score (nSPS) is 14.0. The Morgan fingerprint density at radius 1 is 1.06 bits per heavy atom. The number of rotatable bonds is 0. The summed E-state index contributed by atoms with van der Waals surface area (Å²) in [6.07, 6.45) is 6.00. The molecule has 0 aliphatic carbocycles. The molecule has 3 nitrogen and oxygen atoms in total. The average Bonchev–Trinajstić information content (AvgIpc) is 2.86. The number of pyridine rings is 1. The Balaban J connectivity index is 2.82. The second-order valence-electron chi connectivity index (χ2n) is 3.95. The van der Waals surface area contributed by atoms with Gasteiger partial charge in [-0.15, -0.1) is 10.2 Å². The van der Waals surface area contributed by atoms with Crippen LogP contribution in [0.2, 0.25) is 0 Å². The van der Waals surface area contributed by atoms with Crippen molar-refractivity contribution in [1.82, 2.24) is 14.6 Å². The zero-order valence-electron chi connectivity index (χ0n) is 9.88. The van der Waals surface area contributed by atoms with Crippen molar-refractivity contribution in [3.63, 3.8) is 0 Å². The van der Waals surface area contributed by atoms with Gasteiger partial charge in [0.2, 0.25) is 0 Å². The van der Waals surface area contributed by atoms with Crippen LogP contribution in [0.4, 0.5) is 0 Å². The highest BCUT2D eigenvalue weighted by Crippen LogP contribution is 2.12. The lowest BCUT2D eigenvalue weighted by molar-refractivity contribution is 1.08. The highest BCUT2D eigenvalue weighted by molar-refractivity contribution is 5.94. The van der Waals surface area contributed by atoms with Gasteiger partial charge in [0.1, 0.15) is 6.33 Å². The molecule has 0 bridgehead atoms. The molecular formula is C14H13N3. The van der Waals surface area contributed by atoms with Crippen LogP contribution in [0.15, 0.2) is 30.6 Å². The molecule has 0 saturated heterocycles. The molecule has 0 aliphatic rings. The third kappa shape index (κ3) is 1.29. The van der Waals surface area contributed by atoms with Crippen LogP contribution in [0, 0.1) is 0 Å². The molecule has 0 fully saturated rings. The van der Waals surface area contributed by atoms with E-state index in [0.29, 0.717) is 0 Å². The van der Waals surface area contributed by atoms with Crippen LogP contribution in [0.25, 0.3) is 28.6 Å². The van der Waals surface area contributed by atoms with Crippen LogP contribution in [0.3, 0.4) is 0 Å². The van der Waals surface area contributed by atoms with Crippen molar-refractivity contribution in [2.45, 2.75) is 13.8 Å². The molecule has 17 heavy (non-hydrogen) atoms. The van der Waals surface area contributed by atoms with Crippen LogP contribution in [0.5, 0.6) is 0 Å². The highest BCUT2D eigenvalue weighted by Gasteiger charge is 2.05. The molecule has 3 aromatic rings. The molecule has 0 atom stereocenters. The molecule has 0 unspecified atom stereocenters. The third-order valence-corrected chi connectivity index (χ3v) is 3.10. The zero-order chi connectivity index (χ0) is 11.8. The molecular weight excluding hydrogens is 210 g/mol. The Kier molecular flexibility index (Phi) is 2.18. The van der Waals surface area contributed by atoms with E-state index in [1.54, 1.807) is 6.33 Å². The molecule has 3 heteroatoms. The number of nitrogens with zero attached hydrogens (tertiary/aromatic N) is 3. The summed E-state index contributed by atoms with van der Waals surface area (Å²) in [4.78, 5) is 0. The summed E-state index contributed by atoms with van der Waals surface area (Å²) in [6.45, 7) is 4.10. The maximum atomic E-state index is 4.21. The Morgan fingerprint density at radius 2 is 1.82 bits per heavy atom. The molecule has 2 heterocycles. The summed E-state index contributed by atoms with van der Waals surface area (Å²) < 4.78 is 2.04. The molecule has 0 radical (unpaired) electrons. The summed E-state index contributed by atoms with van der Waals surface area (Å²) in [5, 5.41) is 13.0. The fraction of sp³-hybridized carbons (Fsp3) is 0.143. The van der Waals surface area contributed by atoms with E-state index < -0.39 is 0 Å². The largest absolute Gasteiger partial charge is 0.281 e. The first kappa shape index (κ1) is 10.0. The number of benzene rings is 1. The minimum absolute atomic E-state index is 0.916. The van der Waals surface area contributed by atoms with Crippen LogP contribution >= 0.6 is 0 Å². The van der Waals surface area contributed by atoms with Gasteiger partial charge >= 0.3 is 0 Å². The molecule has 0 amide bonds. The number of aromatic nitrogens is 3. The summed E-state index contributed by atoms with van der Waals surface area (Å²) >= 11 is 0.